The number of carbonyl (C=O) groups is 1. The van der Waals surface area contributed by atoms with E-state index in [0.717, 1.165) is 6.42 Å². The maximum absolute atomic E-state index is 12.1. The summed E-state index contributed by atoms with van der Waals surface area (Å²) < 4.78 is 1.47. The molecule has 1 amide bonds. The van der Waals surface area contributed by atoms with Crippen LogP contribution in [0.3, 0.4) is 0 Å². The molecule has 1 aromatic rings. The predicted octanol–water partition coefficient (Wildman–Crippen LogP) is 1.45. The van der Waals surface area contributed by atoms with Gasteiger partial charge >= 0.3 is 0 Å². The van der Waals surface area contributed by atoms with Crippen molar-refractivity contribution in [3.05, 3.63) is 11.9 Å². The second-order valence-corrected chi connectivity index (χ2v) is 6.80. The minimum absolute atomic E-state index is 0.0480. The second-order valence-electron chi connectivity index (χ2n) is 6.80. The third-order valence-corrected chi connectivity index (χ3v) is 4.52. The zero-order valence-electron chi connectivity index (χ0n) is 13.3. The molecule has 118 valence electrons. The number of rotatable bonds is 4. The van der Waals surface area contributed by atoms with Crippen LogP contribution in [0.2, 0.25) is 0 Å². The van der Waals surface area contributed by atoms with E-state index in [9.17, 15) is 9.90 Å². The zero-order chi connectivity index (χ0) is 15.6. The van der Waals surface area contributed by atoms with E-state index in [4.69, 9.17) is 0 Å². The van der Waals surface area contributed by atoms with Gasteiger partial charge in [-0.1, -0.05) is 31.9 Å². The Kier molecular flexibility index (Phi) is 4.66. The summed E-state index contributed by atoms with van der Waals surface area (Å²) in [5.41, 5.74) is -0.572. The zero-order valence-corrected chi connectivity index (χ0v) is 13.3. The summed E-state index contributed by atoms with van der Waals surface area (Å²) in [4.78, 5) is 12.1. The molecule has 0 radical (unpaired) electrons. The van der Waals surface area contributed by atoms with Crippen LogP contribution in [0.4, 0.5) is 0 Å². The van der Waals surface area contributed by atoms with Gasteiger partial charge in [0.2, 0.25) is 5.91 Å². The summed E-state index contributed by atoms with van der Waals surface area (Å²) in [5, 5.41) is 20.7. The van der Waals surface area contributed by atoms with Gasteiger partial charge in [0.05, 0.1) is 6.20 Å². The number of nitrogens with zero attached hydrogens (tertiary/aromatic N) is 3. The largest absolute Gasteiger partial charge is 0.384 e. The Hall–Kier alpha value is -1.43. The van der Waals surface area contributed by atoms with Crippen molar-refractivity contribution in [1.82, 2.24) is 20.3 Å². The average molecular weight is 294 g/mol. The van der Waals surface area contributed by atoms with Gasteiger partial charge in [0.1, 0.15) is 17.8 Å². The van der Waals surface area contributed by atoms with E-state index in [1.54, 1.807) is 20.0 Å². The van der Waals surface area contributed by atoms with E-state index in [-0.39, 0.29) is 18.5 Å². The Bertz CT molecular complexity index is 492. The molecule has 6 nitrogen and oxygen atoms in total. The lowest BCUT2D eigenvalue weighted by molar-refractivity contribution is -0.123. The molecule has 0 saturated heterocycles. The summed E-state index contributed by atoms with van der Waals surface area (Å²) in [6.07, 6.45) is 5.07. The van der Waals surface area contributed by atoms with Crippen LogP contribution in [0.25, 0.3) is 0 Å². The van der Waals surface area contributed by atoms with Gasteiger partial charge in [-0.25, -0.2) is 4.68 Å². The second kappa shape index (κ2) is 6.13. The molecule has 3 unspecified atom stereocenters. The van der Waals surface area contributed by atoms with Crippen molar-refractivity contribution in [2.75, 3.05) is 0 Å². The molecule has 1 aliphatic carbocycles. The van der Waals surface area contributed by atoms with Gasteiger partial charge in [-0.3, -0.25) is 4.79 Å². The normalized spacial score (nSPS) is 26.6. The maximum atomic E-state index is 12.1. The Morgan fingerprint density at radius 2 is 2.19 bits per heavy atom. The van der Waals surface area contributed by atoms with Crippen LogP contribution >= 0.6 is 0 Å². The van der Waals surface area contributed by atoms with Gasteiger partial charge in [0.15, 0.2) is 0 Å². The van der Waals surface area contributed by atoms with E-state index in [0.29, 0.717) is 17.5 Å². The monoisotopic (exact) mass is 294 g/mol. The van der Waals surface area contributed by atoms with Crippen LogP contribution in [-0.2, 0) is 16.9 Å². The fraction of sp³-hybridized carbons (Fsp3) is 0.800. The third-order valence-electron chi connectivity index (χ3n) is 4.52. The molecule has 2 N–H and O–H groups in total. The summed E-state index contributed by atoms with van der Waals surface area (Å²) in [6.45, 7) is 7.88. The molecule has 0 aliphatic heterocycles. The highest BCUT2D eigenvalue weighted by Gasteiger charge is 2.28. The standard InChI is InChI=1S/C15H26N4O2/c1-10-6-5-7-12(11(10)2)16-14(20)9-19-8-13(17-18-19)15(3,4)21/h8,10-12,21H,5-7,9H2,1-4H3,(H,16,20). The van der Waals surface area contributed by atoms with Crippen molar-refractivity contribution in [3.63, 3.8) is 0 Å². The molecule has 21 heavy (non-hydrogen) atoms. The minimum atomic E-state index is -1.04. The number of aliphatic hydroxyl groups is 1. The fourth-order valence-electron chi connectivity index (χ4n) is 2.84. The molecule has 1 aliphatic rings. The molecule has 1 saturated carbocycles. The van der Waals surface area contributed by atoms with Gasteiger partial charge < -0.3 is 10.4 Å². The van der Waals surface area contributed by atoms with Gasteiger partial charge in [0.25, 0.3) is 0 Å². The molecule has 0 bridgehead atoms. The lowest BCUT2D eigenvalue weighted by Crippen LogP contribution is -2.44. The molecular weight excluding hydrogens is 268 g/mol. The highest BCUT2D eigenvalue weighted by molar-refractivity contribution is 5.76. The van der Waals surface area contributed by atoms with Gasteiger partial charge in [0, 0.05) is 6.04 Å². The third kappa shape index (κ3) is 4.03. The summed E-state index contributed by atoms with van der Waals surface area (Å²) in [6, 6.07) is 0.249. The Labute approximate surface area is 125 Å². The Morgan fingerprint density at radius 1 is 1.48 bits per heavy atom. The minimum Gasteiger partial charge on any atom is -0.384 e. The molecule has 1 fully saturated rings. The number of carbonyl (C=O) groups excluding carboxylic acids is 1. The SMILES string of the molecule is CC1CCCC(NC(=O)Cn2cc(C(C)(C)O)nn2)C1C. The van der Waals surface area contributed by atoms with Crippen LogP contribution in [0.15, 0.2) is 6.20 Å². The maximum Gasteiger partial charge on any atom is 0.242 e. The number of amides is 1. The van der Waals surface area contributed by atoms with Crippen LogP contribution in [0.5, 0.6) is 0 Å². The first kappa shape index (κ1) is 15.9. The average Bonchev–Trinajstić information content (AvgIpc) is 2.83. The molecule has 6 heteroatoms. The lowest BCUT2D eigenvalue weighted by Gasteiger charge is -2.34. The topological polar surface area (TPSA) is 80.0 Å². The van der Waals surface area contributed by atoms with Crippen molar-refractivity contribution >= 4 is 5.91 Å². The lowest BCUT2D eigenvalue weighted by atomic mass is 9.78. The van der Waals surface area contributed by atoms with Crippen LogP contribution in [0.1, 0.15) is 52.7 Å². The van der Waals surface area contributed by atoms with E-state index in [1.165, 1.54) is 17.5 Å². The smallest absolute Gasteiger partial charge is 0.242 e. The Balaban J connectivity index is 1.91. The number of nitrogens with one attached hydrogen (secondary N) is 1. The Morgan fingerprint density at radius 3 is 2.81 bits per heavy atom. The molecule has 3 atom stereocenters. The first-order chi connectivity index (χ1) is 9.77. The van der Waals surface area contributed by atoms with Crippen LogP contribution in [-0.4, -0.2) is 32.0 Å². The van der Waals surface area contributed by atoms with Gasteiger partial charge in [-0.05, 0) is 32.1 Å². The molecule has 0 aromatic carbocycles. The molecule has 2 rings (SSSR count). The number of hydrogen-bond donors (Lipinski definition) is 2. The molecule has 0 spiro atoms. The number of hydrogen-bond acceptors (Lipinski definition) is 4. The highest BCUT2D eigenvalue weighted by Crippen LogP contribution is 2.29. The highest BCUT2D eigenvalue weighted by atomic mass is 16.3. The van der Waals surface area contributed by atoms with Crippen molar-refractivity contribution in [2.24, 2.45) is 11.8 Å². The van der Waals surface area contributed by atoms with Crippen molar-refractivity contribution in [2.45, 2.75) is 65.1 Å². The van der Waals surface area contributed by atoms with E-state index in [1.807, 2.05) is 0 Å². The quantitative estimate of drug-likeness (QED) is 0.880. The molecule has 1 heterocycles. The van der Waals surface area contributed by atoms with Crippen molar-refractivity contribution < 1.29 is 9.90 Å². The number of aromatic nitrogens is 3. The van der Waals surface area contributed by atoms with Crippen molar-refractivity contribution in [3.8, 4) is 0 Å². The van der Waals surface area contributed by atoms with Gasteiger partial charge in [-0.2, -0.15) is 0 Å². The fourth-order valence-corrected chi connectivity index (χ4v) is 2.84. The van der Waals surface area contributed by atoms with E-state index in [2.05, 4.69) is 29.5 Å². The van der Waals surface area contributed by atoms with E-state index >= 15 is 0 Å². The summed E-state index contributed by atoms with van der Waals surface area (Å²) in [5.74, 6) is 1.11. The summed E-state index contributed by atoms with van der Waals surface area (Å²) >= 11 is 0. The predicted molar refractivity (Wildman–Crippen MR) is 79.4 cm³/mol. The first-order valence-corrected chi connectivity index (χ1v) is 7.69. The summed E-state index contributed by atoms with van der Waals surface area (Å²) in [7, 11) is 0. The van der Waals surface area contributed by atoms with E-state index < -0.39 is 5.60 Å². The van der Waals surface area contributed by atoms with Crippen LogP contribution < -0.4 is 5.32 Å². The molecule has 1 aromatic heterocycles. The molecular formula is C15H26N4O2. The first-order valence-electron chi connectivity index (χ1n) is 7.69. The van der Waals surface area contributed by atoms with Gasteiger partial charge in [-0.15, -0.1) is 5.10 Å². The van der Waals surface area contributed by atoms with Crippen molar-refractivity contribution in [1.29, 1.82) is 0 Å². The van der Waals surface area contributed by atoms with Crippen LogP contribution in [0, 0.1) is 11.8 Å².